The molecule has 1 fully saturated rings. The fourth-order valence-corrected chi connectivity index (χ4v) is 1.68. The van der Waals surface area contributed by atoms with E-state index in [1.54, 1.807) is 0 Å². The van der Waals surface area contributed by atoms with Crippen molar-refractivity contribution in [3.63, 3.8) is 0 Å². The summed E-state index contributed by atoms with van der Waals surface area (Å²) in [5.74, 6) is -0.811. The highest BCUT2D eigenvalue weighted by Gasteiger charge is 2.50. The molecule has 0 unspecified atom stereocenters. The molecule has 0 bridgehead atoms. The number of carbonyl (C=O) groups is 2. The summed E-state index contributed by atoms with van der Waals surface area (Å²) < 4.78 is 0. The van der Waals surface area contributed by atoms with Crippen molar-refractivity contribution in [1.82, 2.24) is 15.5 Å². The van der Waals surface area contributed by atoms with Crippen LogP contribution in [0.3, 0.4) is 0 Å². The third kappa shape index (κ3) is 4.91. The smallest absolute Gasteiger partial charge is 0.314 e. The first-order valence-corrected chi connectivity index (χ1v) is 6.36. The van der Waals surface area contributed by atoms with E-state index in [-0.39, 0.29) is 12.6 Å². The number of amides is 2. The number of hydrogen-bond donors (Lipinski definition) is 3. The highest BCUT2D eigenvalue weighted by atomic mass is 16.4. The molecular formula is C12H23N3O3. The Morgan fingerprint density at radius 2 is 1.89 bits per heavy atom. The average Bonchev–Trinajstić information content (AvgIpc) is 3.06. The topological polar surface area (TPSA) is 81.7 Å². The van der Waals surface area contributed by atoms with Gasteiger partial charge in [-0.05, 0) is 46.3 Å². The van der Waals surface area contributed by atoms with Gasteiger partial charge in [-0.15, -0.1) is 0 Å². The van der Waals surface area contributed by atoms with Crippen LogP contribution in [0.4, 0.5) is 4.79 Å². The maximum absolute atomic E-state index is 11.4. The Kier molecular flexibility index (Phi) is 5.40. The molecule has 104 valence electrons. The zero-order chi connectivity index (χ0) is 13.6. The van der Waals surface area contributed by atoms with Crippen molar-refractivity contribution in [1.29, 1.82) is 0 Å². The number of aliphatic carboxylic acids is 1. The molecule has 1 aliphatic rings. The Hall–Kier alpha value is -1.30. The molecule has 0 aliphatic heterocycles. The van der Waals surface area contributed by atoms with Gasteiger partial charge in [0.05, 0.1) is 5.41 Å². The van der Waals surface area contributed by atoms with E-state index in [0.29, 0.717) is 19.4 Å². The van der Waals surface area contributed by atoms with Crippen molar-refractivity contribution in [3.8, 4) is 0 Å². The molecule has 18 heavy (non-hydrogen) atoms. The lowest BCUT2D eigenvalue weighted by Gasteiger charge is -2.12. The van der Waals surface area contributed by atoms with Crippen LogP contribution in [-0.2, 0) is 4.79 Å². The van der Waals surface area contributed by atoms with E-state index < -0.39 is 11.4 Å². The molecule has 0 aromatic heterocycles. The van der Waals surface area contributed by atoms with Crippen LogP contribution >= 0.6 is 0 Å². The van der Waals surface area contributed by atoms with E-state index in [9.17, 15) is 9.59 Å². The first kappa shape index (κ1) is 14.8. The summed E-state index contributed by atoms with van der Waals surface area (Å²) in [5.41, 5.74) is -0.692. The van der Waals surface area contributed by atoms with Crippen LogP contribution < -0.4 is 10.6 Å². The highest BCUT2D eigenvalue weighted by molar-refractivity contribution is 5.80. The number of hydrogen-bond acceptors (Lipinski definition) is 3. The zero-order valence-electron chi connectivity index (χ0n) is 11.2. The molecular weight excluding hydrogens is 234 g/mol. The predicted molar refractivity (Wildman–Crippen MR) is 68.5 cm³/mol. The van der Waals surface area contributed by atoms with Crippen LogP contribution in [0, 0.1) is 5.41 Å². The Bertz CT molecular complexity index is 301. The third-order valence-electron chi connectivity index (χ3n) is 3.21. The van der Waals surface area contributed by atoms with Gasteiger partial charge in [-0.3, -0.25) is 4.79 Å². The van der Waals surface area contributed by atoms with Crippen molar-refractivity contribution in [3.05, 3.63) is 0 Å². The van der Waals surface area contributed by atoms with Crippen LogP contribution in [-0.4, -0.2) is 55.7 Å². The summed E-state index contributed by atoms with van der Waals surface area (Å²) in [7, 11) is 4.03. The van der Waals surface area contributed by atoms with Crippen LogP contribution in [0.15, 0.2) is 0 Å². The number of unbranched alkanes of at least 4 members (excludes halogenated alkanes) is 1. The molecule has 3 N–H and O–H groups in total. The summed E-state index contributed by atoms with van der Waals surface area (Å²) in [6, 6.07) is -0.271. The molecule has 0 saturated heterocycles. The second-order valence-corrected chi connectivity index (χ2v) is 5.21. The summed E-state index contributed by atoms with van der Waals surface area (Å²) in [5, 5.41) is 14.3. The number of carboxylic acids is 1. The average molecular weight is 257 g/mol. The lowest BCUT2D eigenvalue weighted by Crippen LogP contribution is -2.41. The molecule has 2 amide bonds. The van der Waals surface area contributed by atoms with Crippen LogP contribution in [0.5, 0.6) is 0 Å². The minimum Gasteiger partial charge on any atom is -0.481 e. The highest BCUT2D eigenvalue weighted by Crippen LogP contribution is 2.45. The van der Waals surface area contributed by atoms with E-state index in [2.05, 4.69) is 15.5 Å². The van der Waals surface area contributed by atoms with Gasteiger partial charge in [-0.2, -0.15) is 0 Å². The summed E-state index contributed by atoms with van der Waals surface area (Å²) in [4.78, 5) is 24.4. The van der Waals surface area contributed by atoms with Gasteiger partial charge in [0.2, 0.25) is 0 Å². The van der Waals surface area contributed by atoms with Gasteiger partial charge in [-0.1, -0.05) is 0 Å². The maximum atomic E-state index is 11.4. The van der Waals surface area contributed by atoms with Gasteiger partial charge >= 0.3 is 12.0 Å². The molecule has 6 nitrogen and oxygen atoms in total. The fraction of sp³-hybridized carbons (Fsp3) is 0.833. The van der Waals surface area contributed by atoms with E-state index in [0.717, 1.165) is 19.4 Å². The summed E-state index contributed by atoms with van der Waals surface area (Å²) in [6.07, 6.45) is 3.28. The standard InChI is InChI=1S/C12H23N3O3/c1-15(2)8-4-3-7-13-11(18)14-9-12(5-6-12)10(16)17/h3-9H2,1-2H3,(H,16,17)(H2,13,14,18). The SMILES string of the molecule is CN(C)CCCCNC(=O)NCC1(C(=O)O)CC1. The van der Waals surface area contributed by atoms with Crippen LogP contribution in [0.25, 0.3) is 0 Å². The predicted octanol–water partition coefficient (Wildman–Crippen LogP) is 0.492. The monoisotopic (exact) mass is 257 g/mol. The number of rotatable bonds is 8. The van der Waals surface area contributed by atoms with Gasteiger partial charge < -0.3 is 20.6 Å². The Morgan fingerprint density at radius 3 is 2.39 bits per heavy atom. The van der Waals surface area contributed by atoms with Crippen molar-refractivity contribution in [2.24, 2.45) is 5.41 Å². The Labute approximate surface area is 108 Å². The van der Waals surface area contributed by atoms with Gasteiger partial charge in [0.1, 0.15) is 0 Å². The number of nitrogens with zero attached hydrogens (tertiary/aromatic N) is 1. The van der Waals surface area contributed by atoms with Crippen molar-refractivity contribution >= 4 is 12.0 Å². The number of carbonyl (C=O) groups excluding carboxylic acids is 1. The molecule has 0 aromatic carbocycles. The van der Waals surface area contributed by atoms with Crippen molar-refractivity contribution in [2.45, 2.75) is 25.7 Å². The van der Waals surface area contributed by atoms with Crippen molar-refractivity contribution < 1.29 is 14.7 Å². The molecule has 0 spiro atoms. The second kappa shape index (κ2) is 6.58. The molecule has 0 radical (unpaired) electrons. The molecule has 1 saturated carbocycles. The largest absolute Gasteiger partial charge is 0.481 e. The normalized spacial score (nSPS) is 16.4. The zero-order valence-corrected chi connectivity index (χ0v) is 11.2. The van der Waals surface area contributed by atoms with E-state index in [4.69, 9.17) is 5.11 Å². The van der Waals surface area contributed by atoms with Gasteiger partial charge in [-0.25, -0.2) is 4.79 Å². The van der Waals surface area contributed by atoms with E-state index >= 15 is 0 Å². The third-order valence-corrected chi connectivity index (χ3v) is 3.21. The van der Waals surface area contributed by atoms with Gasteiger partial charge in [0.25, 0.3) is 0 Å². The van der Waals surface area contributed by atoms with Crippen molar-refractivity contribution in [2.75, 3.05) is 33.7 Å². The maximum Gasteiger partial charge on any atom is 0.314 e. The van der Waals surface area contributed by atoms with E-state index in [1.807, 2.05) is 14.1 Å². The number of nitrogens with one attached hydrogen (secondary N) is 2. The minimum atomic E-state index is -0.811. The van der Waals surface area contributed by atoms with Gasteiger partial charge in [0, 0.05) is 13.1 Å². The molecule has 6 heteroatoms. The lowest BCUT2D eigenvalue weighted by molar-refractivity contribution is -0.143. The summed E-state index contributed by atoms with van der Waals surface area (Å²) >= 11 is 0. The Morgan fingerprint density at radius 1 is 1.22 bits per heavy atom. The second-order valence-electron chi connectivity index (χ2n) is 5.21. The number of urea groups is 1. The molecule has 0 heterocycles. The summed E-state index contributed by atoms with van der Waals surface area (Å²) in [6.45, 7) is 1.86. The fourth-order valence-electron chi connectivity index (χ4n) is 1.68. The first-order chi connectivity index (χ1) is 8.46. The van der Waals surface area contributed by atoms with Crippen LogP contribution in [0.2, 0.25) is 0 Å². The molecule has 1 aliphatic carbocycles. The lowest BCUT2D eigenvalue weighted by atomic mass is 10.1. The quantitative estimate of drug-likeness (QED) is 0.553. The molecule has 0 atom stereocenters. The van der Waals surface area contributed by atoms with Gasteiger partial charge in [0.15, 0.2) is 0 Å². The van der Waals surface area contributed by atoms with E-state index in [1.165, 1.54) is 0 Å². The number of carboxylic acid groups (broad SMARTS) is 1. The Balaban J connectivity index is 2.03. The molecule has 1 rings (SSSR count). The molecule has 0 aromatic rings. The van der Waals surface area contributed by atoms with Crippen LogP contribution in [0.1, 0.15) is 25.7 Å². The first-order valence-electron chi connectivity index (χ1n) is 6.36. The minimum absolute atomic E-state index is 0.228.